The van der Waals surface area contributed by atoms with E-state index in [0.717, 1.165) is 44.1 Å². The molecule has 2 fully saturated rings. The van der Waals surface area contributed by atoms with Crippen LogP contribution in [0.1, 0.15) is 79.5 Å². The summed E-state index contributed by atoms with van der Waals surface area (Å²) in [5.41, 5.74) is 7.13. The molecule has 0 atom stereocenters. The maximum atomic E-state index is 12.4. The van der Waals surface area contributed by atoms with Crippen molar-refractivity contribution in [2.45, 2.75) is 93.8 Å². The molecule has 3 aromatic rings. The molecule has 0 aliphatic heterocycles. The Morgan fingerprint density at radius 1 is 0.787 bits per heavy atom. The Morgan fingerprint density at radius 2 is 1.28 bits per heavy atom. The molecule has 7 nitrogen and oxygen atoms in total. The van der Waals surface area contributed by atoms with Crippen molar-refractivity contribution in [2.24, 2.45) is 5.73 Å². The molecule has 1 aromatic carbocycles. The van der Waals surface area contributed by atoms with E-state index in [9.17, 15) is 9.59 Å². The first-order chi connectivity index (χ1) is 22.5. The van der Waals surface area contributed by atoms with E-state index in [1.54, 1.807) is 29.5 Å². The molecule has 2 aliphatic rings. The minimum atomic E-state index is -0.142. The van der Waals surface area contributed by atoms with Gasteiger partial charge < -0.3 is 16.4 Å². The van der Waals surface area contributed by atoms with Gasteiger partial charge in [-0.1, -0.05) is 41.4 Å². The van der Waals surface area contributed by atoms with Crippen LogP contribution in [-0.4, -0.2) is 68.4 Å². The van der Waals surface area contributed by atoms with E-state index in [1.165, 1.54) is 22.6 Å². The summed E-state index contributed by atoms with van der Waals surface area (Å²) < 4.78 is 0. The van der Waals surface area contributed by atoms with Gasteiger partial charge in [-0.3, -0.25) is 19.4 Å². The van der Waals surface area contributed by atoms with Gasteiger partial charge in [0.25, 0.3) is 0 Å². The zero-order valence-electron chi connectivity index (χ0n) is 28.2. The predicted octanol–water partition coefficient (Wildman–Crippen LogP) is 7.42. The second-order valence-corrected chi connectivity index (χ2v) is 16.0. The van der Waals surface area contributed by atoms with Gasteiger partial charge in [0.2, 0.25) is 11.8 Å². The van der Waals surface area contributed by atoms with Crippen LogP contribution in [-0.2, 0) is 27.1 Å². The van der Waals surface area contributed by atoms with Crippen molar-refractivity contribution < 1.29 is 9.59 Å². The highest BCUT2D eigenvalue weighted by Gasteiger charge is 2.40. The van der Waals surface area contributed by atoms with E-state index < -0.39 is 0 Å². The molecule has 0 saturated heterocycles. The lowest BCUT2D eigenvalue weighted by Crippen LogP contribution is -2.48. The number of halogens is 2. The number of hydrogen-bond donors (Lipinski definition) is 3. The number of rotatable bonds is 11. The number of benzene rings is 1. The quantitative estimate of drug-likeness (QED) is 0.192. The summed E-state index contributed by atoms with van der Waals surface area (Å²) in [5.74, 6) is -0.205. The topological polar surface area (TPSA) is 90.7 Å². The van der Waals surface area contributed by atoms with E-state index >= 15 is 0 Å². The minimum Gasteiger partial charge on any atom is -0.356 e. The van der Waals surface area contributed by atoms with Crippen LogP contribution in [0.2, 0.25) is 10.0 Å². The van der Waals surface area contributed by atoms with Crippen molar-refractivity contribution in [3.8, 4) is 0 Å². The number of hydrogen-bond acceptors (Lipinski definition) is 7. The average molecular weight is 721 g/mol. The predicted molar refractivity (Wildman–Crippen MR) is 199 cm³/mol. The van der Waals surface area contributed by atoms with Crippen molar-refractivity contribution >= 4 is 57.7 Å². The van der Waals surface area contributed by atoms with Gasteiger partial charge in [-0.05, 0) is 127 Å². The summed E-state index contributed by atoms with van der Waals surface area (Å²) in [6.45, 7) is 0.432. The first kappa shape index (κ1) is 37.8. The Labute approximate surface area is 299 Å². The van der Waals surface area contributed by atoms with Crippen molar-refractivity contribution in [3.05, 3.63) is 78.6 Å². The van der Waals surface area contributed by atoms with Gasteiger partial charge in [0, 0.05) is 51.3 Å². The van der Waals surface area contributed by atoms with Crippen LogP contribution >= 0.6 is 45.9 Å². The van der Waals surface area contributed by atoms with Crippen molar-refractivity contribution in [2.75, 3.05) is 34.7 Å². The van der Waals surface area contributed by atoms with Crippen LogP contribution in [0, 0.1) is 0 Å². The van der Waals surface area contributed by atoms with Gasteiger partial charge in [-0.15, -0.1) is 22.7 Å². The standard InChI is InChI=1S/C24H31Cl2N3O2S.C12H20N2S/c1-29(2)24(21-7-4-16-32-21)13-10-17(11-14-24)28-23(31)9-8-22(30)27-15-12-18-19(25)5-3-6-20(18)26;1-14(2)12(11-4-3-9-15-11)7-5-10(13)6-8-12/h3-7,16-17H,8-15H2,1-2H3,(H,27,30)(H,28,31);3-4,9-10H,5-8,13H2,1-2H3. The maximum absolute atomic E-state index is 12.4. The molecule has 2 amide bonds. The summed E-state index contributed by atoms with van der Waals surface area (Å²) in [5, 5.41) is 11.5. The lowest BCUT2D eigenvalue weighted by Gasteiger charge is -2.44. The monoisotopic (exact) mass is 719 g/mol. The fraction of sp³-hybridized carbons (Fsp3) is 0.556. The Morgan fingerprint density at radius 3 is 1.74 bits per heavy atom. The molecule has 2 aromatic heterocycles. The smallest absolute Gasteiger partial charge is 0.220 e. The second-order valence-electron chi connectivity index (χ2n) is 13.3. The maximum Gasteiger partial charge on any atom is 0.220 e. The fourth-order valence-corrected chi connectivity index (χ4v) is 9.71. The van der Waals surface area contributed by atoms with Gasteiger partial charge in [-0.2, -0.15) is 0 Å². The SMILES string of the molecule is CN(C)C1(c2cccs2)CCC(N)CC1.CN(C)C1(c2cccs2)CCC(NC(=O)CCC(=O)NCCc2c(Cl)cccc2Cl)CC1. The third kappa shape index (κ3) is 9.81. The van der Waals surface area contributed by atoms with Crippen molar-refractivity contribution in [1.82, 2.24) is 20.4 Å². The Balaban J connectivity index is 0.000000277. The molecule has 0 radical (unpaired) electrons. The molecular weight excluding hydrogens is 669 g/mol. The molecule has 47 heavy (non-hydrogen) atoms. The lowest BCUT2D eigenvalue weighted by molar-refractivity contribution is -0.127. The summed E-state index contributed by atoms with van der Waals surface area (Å²) in [4.78, 5) is 32.1. The highest BCUT2D eigenvalue weighted by Crippen LogP contribution is 2.44. The van der Waals surface area contributed by atoms with Gasteiger partial charge in [-0.25, -0.2) is 0 Å². The van der Waals surface area contributed by atoms with Crippen LogP contribution in [0.3, 0.4) is 0 Å². The second kappa shape index (κ2) is 17.6. The Kier molecular flexibility index (Phi) is 14.2. The lowest BCUT2D eigenvalue weighted by atomic mass is 9.77. The van der Waals surface area contributed by atoms with Crippen molar-refractivity contribution in [1.29, 1.82) is 0 Å². The fourth-order valence-electron chi connectivity index (χ4n) is 6.99. The first-order valence-electron chi connectivity index (χ1n) is 16.6. The molecule has 0 spiro atoms. The highest BCUT2D eigenvalue weighted by molar-refractivity contribution is 7.10. The van der Waals surface area contributed by atoms with E-state index in [1.807, 2.05) is 11.3 Å². The molecule has 11 heteroatoms. The van der Waals surface area contributed by atoms with E-state index in [4.69, 9.17) is 28.9 Å². The van der Waals surface area contributed by atoms with Crippen LogP contribution in [0.25, 0.3) is 0 Å². The zero-order chi connectivity index (χ0) is 34.0. The van der Waals surface area contributed by atoms with Crippen LogP contribution in [0.15, 0.2) is 53.2 Å². The number of amides is 2. The number of nitrogens with two attached hydrogens (primary N) is 1. The van der Waals surface area contributed by atoms with Crippen LogP contribution in [0.4, 0.5) is 0 Å². The number of nitrogens with one attached hydrogen (secondary N) is 2. The third-order valence-electron chi connectivity index (χ3n) is 10.0. The number of carbonyl (C=O) groups excluding carboxylic acids is 2. The molecule has 2 aliphatic carbocycles. The molecular formula is C36H51Cl2N5O2S2. The summed E-state index contributed by atoms with van der Waals surface area (Å²) in [6, 6.07) is 14.7. The molecule has 0 bridgehead atoms. The van der Waals surface area contributed by atoms with E-state index in [2.05, 4.69) is 83.6 Å². The summed E-state index contributed by atoms with van der Waals surface area (Å²) in [6.07, 6.45) is 9.50. The normalized spacial score (nSPS) is 24.4. The van der Waals surface area contributed by atoms with Crippen LogP contribution in [0.5, 0.6) is 0 Å². The number of carbonyl (C=O) groups is 2. The molecule has 5 rings (SSSR count). The minimum absolute atomic E-state index is 0.0554. The Hall–Kier alpha value is -1.98. The molecule has 2 saturated carbocycles. The third-order valence-corrected chi connectivity index (χ3v) is 12.9. The highest BCUT2D eigenvalue weighted by atomic mass is 35.5. The average Bonchev–Trinajstić information content (AvgIpc) is 3.79. The molecule has 4 N–H and O–H groups in total. The summed E-state index contributed by atoms with van der Waals surface area (Å²) >= 11 is 16.0. The molecule has 0 unspecified atom stereocenters. The number of nitrogens with zero attached hydrogens (tertiary/aromatic N) is 2. The first-order valence-corrected chi connectivity index (χ1v) is 19.2. The van der Waals surface area contributed by atoms with Crippen molar-refractivity contribution in [3.63, 3.8) is 0 Å². The molecule has 258 valence electrons. The van der Waals surface area contributed by atoms with Gasteiger partial charge >= 0.3 is 0 Å². The largest absolute Gasteiger partial charge is 0.356 e. The van der Waals surface area contributed by atoms with E-state index in [0.29, 0.717) is 29.1 Å². The van der Waals surface area contributed by atoms with Crippen LogP contribution < -0.4 is 16.4 Å². The summed E-state index contributed by atoms with van der Waals surface area (Å²) in [7, 11) is 8.65. The Bertz CT molecular complexity index is 1380. The zero-order valence-corrected chi connectivity index (χ0v) is 31.3. The van der Waals surface area contributed by atoms with E-state index in [-0.39, 0.29) is 41.8 Å². The van der Waals surface area contributed by atoms with Gasteiger partial charge in [0.1, 0.15) is 0 Å². The molecule has 2 heterocycles. The van der Waals surface area contributed by atoms with Gasteiger partial charge in [0.05, 0.1) is 11.1 Å². The van der Waals surface area contributed by atoms with Gasteiger partial charge in [0.15, 0.2) is 0 Å². The number of thiophene rings is 2.